The number of nitrogens with zero attached hydrogens (tertiary/aromatic N) is 4. The van der Waals surface area contributed by atoms with Crippen molar-refractivity contribution in [2.24, 2.45) is 0 Å². The van der Waals surface area contributed by atoms with Crippen LogP contribution in [0.25, 0.3) is 0 Å². The van der Waals surface area contributed by atoms with Crippen molar-refractivity contribution in [3.05, 3.63) is 117 Å². The third kappa shape index (κ3) is 6.79. The van der Waals surface area contributed by atoms with Gasteiger partial charge < -0.3 is 14.4 Å². The molecule has 1 aliphatic heterocycles. The zero-order valence-corrected chi connectivity index (χ0v) is 24.9. The Balaban J connectivity index is 1.46. The number of hydrogen-bond acceptors (Lipinski definition) is 6. The zero-order chi connectivity index (χ0) is 27.9. The summed E-state index contributed by atoms with van der Waals surface area (Å²) in [7, 11) is 0. The molecule has 1 fully saturated rings. The van der Waals surface area contributed by atoms with Crippen LogP contribution in [-0.4, -0.2) is 44.8 Å². The largest absolute Gasteiger partial charge is 0.482 e. The Morgan fingerprint density at radius 2 is 1.48 bits per heavy atom. The third-order valence-electron chi connectivity index (χ3n) is 6.96. The van der Waals surface area contributed by atoms with Crippen LogP contribution in [0.15, 0.2) is 91.3 Å². The predicted molar refractivity (Wildman–Crippen MR) is 163 cm³/mol. The monoisotopic (exact) mass is 648 g/mol. The van der Waals surface area contributed by atoms with E-state index < -0.39 is 6.04 Å². The summed E-state index contributed by atoms with van der Waals surface area (Å²) in [5.41, 5.74) is 3.72. The number of carbonyl (C=O) groups excluding carboxylic acids is 1. The summed E-state index contributed by atoms with van der Waals surface area (Å²) in [5.74, 6) is 0.994. The lowest BCUT2D eigenvalue weighted by molar-refractivity contribution is -0.144. The Bertz CT molecular complexity index is 1400. The predicted octanol–water partition coefficient (Wildman–Crippen LogP) is 6.03. The highest BCUT2D eigenvalue weighted by Gasteiger charge is 2.37. The van der Waals surface area contributed by atoms with Gasteiger partial charge in [0, 0.05) is 29.2 Å². The molecule has 8 heteroatoms. The number of halogens is 1. The third-order valence-corrected chi connectivity index (χ3v) is 7.68. The minimum atomic E-state index is -0.418. The summed E-state index contributed by atoms with van der Waals surface area (Å²) < 4.78 is 13.6. The van der Waals surface area contributed by atoms with Crippen molar-refractivity contribution < 1.29 is 14.3 Å². The number of piperazine rings is 1. The SMILES string of the molecule is CC(C)N1CCN(Cc2ncnc(OCc3ccccc3)c2OCc2ccccc2)C(c2ccc(I)cc2)C1=O. The molecular weight excluding hydrogens is 615 g/mol. The number of ether oxygens (including phenoxy) is 2. The Hall–Kier alpha value is -3.50. The van der Waals surface area contributed by atoms with Crippen LogP contribution >= 0.6 is 22.6 Å². The van der Waals surface area contributed by atoms with Crippen molar-refractivity contribution in [3.8, 4) is 11.6 Å². The maximum Gasteiger partial charge on any atom is 0.260 e. The molecule has 3 aromatic carbocycles. The van der Waals surface area contributed by atoms with Crippen LogP contribution < -0.4 is 9.47 Å². The van der Waals surface area contributed by atoms with Crippen LogP contribution in [0.1, 0.15) is 42.3 Å². The number of aromatic nitrogens is 2. The van der Waals surface area contributed by atoms with Gasteiger partial charge in [-0.3, -0.25) is 9.69 Å². The van der Waals surface area contributed by atoms with Crippen molar-refractivity contribution in [2.75, 3.05) is 13.1 Å². The van der Waals surface area contributed by atoms with E-state index in [0.717, 1.165) is 20.3 Å². The molecule has 0 aliphatic carbocycles. The molecule has 0 radical (unpaired) electrons. The zero-order valence-electron chi connectivity index (χ0n) is 22.7. The van der Waals surface area contributed by atoms with Crippen LogP contribution in [0.5, 0.6) is 11.6 Å². The molecule has 1 saturated heterocycles. The molecule has 1 atom stereocenters. The summed E-state index contributed by atoms with van der Waals surface area (Å²) in [4.78, 5) is 27.0. The molecule has 0 saturated carbocycles. The van der Waals surface area contributed by atoms with E-state index in [0.29, 0.717) is 50.2 Å². The highest BCUT2D eigenvalue weighted by Crippen LogP contribution is 2.34. The molecule has 2 heterocycles. The molecule has 0 spiro atoms. The van der Waals surface area contributed by atoms with Gasteiger partial charge in [-0.1, -0.05) is 72.8 Å². The van der Waals surface area contributed by atoms with E-state index in [1.807, 2.05) is 89.8 Å². The average molecular weight is 649 g/mol. The van der Waals surface area contributed by atoms with E-state index in [1.54, 1.807) is 0 Å². The van der Waals surface area contributed by atoms with Crippen molar-refractivity contribution in [3.63, 3.8) is 0 Å². The van der Waals surface area contributed by atoms with Gasteiger partial charge in [0.2, 0.25) is 11.7 Å². The summed E-state index contributed by atoms with van der Waals surface area (Å²) in [6.45, 7) is 6.62. The van der Waals surface area contributed by atoms with Crippen molar-refractivity contribution >= 4 is 28.5 Å². The molecule has 5 rings (SSSR count). The fourth-order valence-corrected chi connectivity index (χ4v) is 5.23. The smallest absolute Gasteiger partial charge is 0.260 e. The van der Waals surface area contributed by atoms with Crippen LogP contribution in [0.2, 0.25) is 0 Å². The molecule has 1 amide bonds. The highest BCUT2D eigenvalue weighted by atomic mass is 127. The molecule has 40 heavy (non-hydrogen) atoms. The minimum Gasteiger partial charge on any atom is -0.482 e. The normalized spacial score (nSPS) is 15.8. The first-order valence-electron chi connectivity index (χ1n) is 13.5. The number of rotatable bonds is 10. The molecule has 0 N–H and O–H groups in total. The van der Waals surface area contributed by atoms with E-state index in [9.17, 15) is 4.79 Å². The number of carbonyl (C=O) groups is 1. The average Bonchev–Trinajstić information content (AvgIpc) is 2.97. The van der Waals surface area contributed by atoms with Crippen LogP contribution in [0.4, 0.5) is 0 Å². The van der Waals surface area contributed by atoms with Gasteiger partial charge in [-0.25, -0.2) is 4.98 Å². The summed E-state index contributed by atoms with van der Waals surface area (Å²) >= 11 is 2.29. The Morgan fingerprint density at radius 1 is 0.850 bits per heavy atom. The molecule has 0 bridgehead atoms. The van der Waals surface area contributed by atoms with E-state index in [4.69, 9.17) is 9.47 Å². The van der Waals surface area contributed by atoms with Gasteiger partial charge >= 0.3 is 0 Å². The fourth-order valence-electron chi connectivity index (χ4n) is 4.87. The first-order chi connectivity index (χ1) is 19.5. The first-order valence-corrected chi connectivity index (χ1v) is 14.5. The lowest BCUT2D eigenvalue weighted by Crippen LogP contribution is -2.54. The fraction of sp³-hybridized carbons (Fsp3) is 0.281. The molecular formula is C32H33IN4O3. The minimum absolute atomic E-state index is 0.101. The van der Waals surface area contributed by atoms with Gasteiger partial charge in [-0.2, -0.15) is 4.98 Å². The van der Waals surface area contributed by atoms with Crippen LogP contribution in [0, 0.1) is 3.57 Å². The number of benzene rings is 3. The number of hydrogen-bond donors (Lipinski definition) is 0. The van der Waals surface area contributed by atoms with E-state index in [-0.39, 0.29) is 11.9 Å². The van der Waals surface area contributed by atoms with E-state index in [1.165, 1.54) is 6.33 Å². The second kappa shape index (κ2) is 13.2. The molecule has 7 nitrogen and oxygen atoms in total. The summed E-state index contributed by atoms with van der Waals surface area (Å²) in [6, 6.07) is 27.8. The van der Waals surface area contributed by atoms with Crippen molar-refractivity contribution in [2.45, 2.75) is 45.7 Å². The van der Waals surface area contributed by atoms with Gasteiger partial charge in [-0.05, 0) is 65.3 Å². The van der Waals surface area contributed by atoms with E-state index in [2.05, 4.69) is 51.3 Å². The maximum absolute atomic E-state index is 13.8. The van der Waals surface area contributed by atoms with Gasteiger partial charge in [0.05, 0.1) is 0 Å². The Kier molecular flexibility index (Phi) is 9.28. The summed E-state index contributed by atoms with van der Waals surface area (Å²) in [5, 5.41) is 0. The van der Waals surface area contributed by atoms with Crippen LogP contribution in [0.3, 0.4) is 0 Å². The molecule has 4 aromatic rings. The number of amides is 1. The topological polar surface area (TPSA) is 67.8 Å². The van der Waals surface area contributed by atoms with Gasteiger partial charge in [0.25, 0.3) is 5.88 Å². The van der Waals surface area contributed by atoms with Crippen molar-refractivity contribution in [1.29, 1.82) is 0 Å². The van der Waals surface area contributed by atoms with E-state index >= 15 is 0 Å². The van der Waals surface area contributed by atoms with Crippen LogP contribution in [-0.2, 0) is 24.6 Å². The quantitative estimate of drug-likeness (QED) is 0.196. The van der Waals surface area contributed by atoms with Gasteiger partial charge in [-0.15, -0.1) is 0 Å². The lowest BCUT2D eigenvalue weighted by Gasteiger charge is -2.42. The highest BCUT2D eigenvalue weighted by molar-refractivity contribution is 14.1. The Labute approximate surface area is 249 Å². The molecule has 1 aliphatic rings. The van der Waals surface area contributed by atoms with Gasteiger partial charge in [0.1, 0.15) is 31.3 Å². The lowest BCUT2D eigenvalue weighted by atomic mass is 10.00. The maximum atomic E-state index is 13.8. The van der Waals surface area contributed by atoms with Gasteiger partial charge in [0.15, 0.2) is 0 Å². The molecule has 1 aromatic heterocycles. The molecule has 206 valence electrons. The summed E-state index contributed by atoms with van der Waals surface area (Å²) in [6.07, 6.45) is 1.51. The first kappa shape index (κ1) is 28.0. The molecule has 1 unspecified atom stereocenters. The van der Waals surface area contributed by atoms with Crippen molar-refractivity contribution in [1.82, 2.24) is 19.8 Å². The second-order valence-corrected chi connectivity index (χ2v) is 11.3. The Morgan fingerprint density at radius 3 is 2.10 bits per heavy atom. The second-order valence-electron chi connectivity index (χ2n) is 10.1. The standard InChI is InChI=1S/C32H33IN4O3/c1-23(2)37-18-17-36(29(32(37)38)26-13-15-27(33)16-14-26)19-28-30(39-20-24-9-5-3-6-10-24)31(35-22-34-28)40-21-25-11-7-4-8-12-25/h3-16,22-23,29H,17-21H2,1-2H3.